The van der Waals surface area contributed by atoms with Crippen LogP contribution in [-0.4, -0.2) is 15.8 Å². The summed E-state index contributed by atoms with van der Waals surface area (Å²) in [5.41, 5.74) is 3.34. The van der Waals surface area contributed by atoms with Crippen molar-refractivity contribution < 1.29 is 4.79 Å². The Morgan fingerprint density at radius 1 is 1.33 bits per heavy atom. The van der Waals surface area contributed by atoms with E-state index >= 15 is 0 Å². The van der Waals surface area contributed by atoms with Gasteiger partial charge in [-0.1, -0.05) is 11.6 Å². The smallest absolute Gasteiger partial charge is 0.151 e. The average molecular weight is 296 g/mol. The number of benzene rings is 1. The zero-order valence-electron chi connectivity index (χ0n) is 11.2. The van der Waals surface area contributed by atoms with Crippen molar-refractivity contribution in [3.05, 3.63) is 52.8 Å². The molecule has 3 rings (SSSR count). The lowest BCUT2D eigenvalue weighted by atomic mass is 10.1. The Bertz CT molecular complexity index is 906. The van der Waals surface area contributed by atoms with E-state index in [1.165, 1.54) is 6.20 Å². The normalized spacial score (nSPS) is 10.5. The highest BCUT2D eigenvalue weighted by molar-refractivity contribution is 6.31. The SMILES string of the molecule is Cn1c(-c2cncc(C=O)c2)c(C#N)c2ccc(Cl)cc21. The molecule has 21 heavy (non-hydrogen) atoms. The first-order chi connectivity index (χ1) is 10.2. The summed E-state index contributed by atoms with van der Waals surface area (Å²) in [6.07, 6.45) is 3.87. The van der Waals surface area contributed by atoms with Crippen LogP contribution in [0.2, 0.25) is 5.02 Å². The molecule has 4 nitrogen and oxygen atoms in total. The number of aryl methyl sites for hydroxylation is 1. The number of aromatic nitrogens is 2. The third kappa shape index (κ3) is 2.08. The zero-order valence-corrected chi connectivity index (χ0v) is 11.9. The van der Waals surface area contributed by atoms with Gasteiger partial charge < -0.3 is 4.57 Å². The van der Waals surface area contributed by atoms with Gasteiger partial charge in [0.1, 0.15) is 6.07 Å². The maximum Gasteiger partial charge on any atom is 0.151 e. The highest BCUT2D eigenvalue weighted by atomic mass is 35.5. The van der Waals surface area contributed by atoms with Crippen molar-refractivity contribution in [3.63, 3.8) is 0 Å². The lowest BCUT2D eigenvalue weighted by Gasteiger charge is -2.05. The molecule has 2 heterocycles. The van der Waals surface area contributed by atoms with Gasteiger partial charge in [-0.15, -0.1) is 0 Å². The van der Waals surface area contributed by atoms with Crippen LogP contribution >= 0.6 is 11.6 Å². The summed E-state index contributed by atoms with van der Waals surface area (Å²) in [7, 11) is 1.86. The fourth-order valence-corrected chi connectivity index (χ4v) is 2.68. The van der Waals surface area contributed by atoms with Crippen molar-refractivity contribution in [1.29, 1.82) is 5.26 Å². The number of pyridine rings is 1. The Morgan fingerprint density at radius 2 is 2.14 bits per heavy atom. The largest absolute Gasteiger partial charge is 0.342 e. The number of aldehydes is 1. The summed E-state index contributed by atoms with van der Waals surface area (Å²) in [6.45, 7) is 0. The van der Waals surface area contributed by atoms with E-state index in [0.29, 0.717) is 16.1 Å². The van der Waals surface area contributed by atoms with Gasteiger partial charge in [0.2, 0.25) is 0 Å². The minimum atomic E-state index is 0.472. The number of nitrogens with zero attached hydrogens (tertiary/aromatic N) is 3. The predicted octanol–water partition coefficient (Wildman–Crippen LogP) is 3.58. The molecular formula is C16H10ClN3O. The minimum Gasteiger partial charge on any atom is -0.342 e. The number of nitriles is 1. The van der Waals surface area contributed by atoms with E-state index < -0.39 is 0 Å². The molecule has 0 unspecified atom stereocenters. The summed E-state index contributed by atoms with van der Waals surface area (Å²) >= 11 is 6.03. The van der Waals surface area contributed by atoms with Crippen LogP contribution in [-0.2, 0) is 7.05 Å². The van der Waals surface area contributed by atoms with Gasteiger partial charge in [-0.25, -0.2) is 0 Å². The second kappa shape index (κ2) is 5.04. The zero-order chi connectivity index (χ0) is 15.0. The summed E-state index contributed by atoms with van der Waals surface area (Å²) in [4.78, 5) is 15.0. The highest BCUT2D eigenvalue weighted by Crippen LogP contribution is 2.33. The maximum atomic E-state index is 10.9. The summed E-state index contributed by atoms with van der Waals surface area (Å²) < 4.78 is 1.89. The first kappa shape index (κ1) is 13.3. The van der Waals surface area contributed by atoms with Crippen LogP contribution in [0.3, 0.4) is 0 Å². The van der Waals surface area contributed by atoms with Crippen molar-refractivity contribution >= 4 is 28.8 Å². The fourth-order valence-electron chi connectivity index (χ4n) is 2.51. The Labute approximate surface area is 126 Å². The number of rotatable bonds is 2. The van der Waals surface area contributed by atoms with E-state index in [0.717, 1.165) is 28.4 Å². The molecule has 0 N–H and O–H groups in total. The van der Waals surface area contributed by atoms with Gasteiger partial charge in [-0.2, -0.15) is 5.26 Å². The van der Waals surface area contributed by atoms with Crippen LogP contribution in [0.25, 0.3) is 22.2 Å². The summed E-state index contributed by atoms with van der Waals surface area (Å²) in [5.74, 6) is 0. The molecule has 0 amide bonds. The van der Waals surface area contributed by atoms with Gasteiger partial charge in [0, 0.05) is 41.0 Å². The van der Waals surface area contributed by atoms with Crippen molar-refractivity contribution in [2.75, 3.05) is 0 Å². The summed E-state index contributed by atoms with van der Waals surface area (Å²) in [5, 5.41) is 10.9. The van der Waals surface area contributed by atoms with Gasteiger partial charge in [0.05, 0.1) is 16.8 Å². The Balaban J connectivity index is 2.39. The van der Waals surface area contributed by atoms with Crippen molar-refractivity contribution in [1.82, 2.24) is 9.55 Å². The van der Waals surface area contributed by atoms with Crippen LogP contribution in [0.1, 0.15) is 15.9 Å². The van der Waals surface area contributed by atoms with Crippen LogP contribution in [0, 0.1) is 11.3 Å². The van der Waals surface area contributed by atoms with E-state index in [9.17, 15) is 10.1 Å². The lowest BCUT2D eigenvalue weighted by Crippen LogP contribution is -1.94. The number of fused-ring (bicyclic) bond motifs is 1. The van der Waals surface area contributed by atoms with Crippen molar-refractivity contribution in [2.45, 2.75) is 0 Å². The highest BCUT2D eigenvalue weighted by Gasteiger charge is 2.17. The lowest BCUT2D eigenvalue weighted by molar-refractivity contribution is 0.112. The standard InChI is InChI=1S/C16H10ClN3O/c1-20-15-5-12(17)2-3-13(15)14(6-18)16(20)11-4-10(9-21)7-19-8-11/h2-5,7-9H,1H3. The molecule has 1 aromatic carbocycles. The second-order valence-electron chi connectivity index (χ2n) is 4.68. The molecule has 2 aromatic heterocycles. The monoisotopic (exact) mass is 295 g/mol. The first-order valence-corrected chi connectivity index (χ1v) is 6.62. The molecule has 102 valence electrons. The number of hydrogen-bond donors (Lipinski definition) is 0. The number of halogens is 1. The maximum absolute atomic E-state index is 10.9. The molecule has 0 aliphatic rings. The molecule has 0 spiro atoms. The molecule has 0 radical (unpaired) electrons. The molecule has 0 aliphatic heterocycles. The number of carbonyl (C=O) groups excluding carboxylic acids is 1. The van der Waals surface area contributed by atoms with E-state index in [1.807, 2.05) is 23.7 Å². The van der Waals surface area contributed by atoms with Crippen LogP contribution in [0.4, 0.5) is 0 Å². The van der Waals surface area contributed by atoms with Gasteiger partial charge in [-0.3, -0.25) is 9.78 Å². The van der Waals surface area contributed by atoms with Crippen LogP contribution < -0.4 is 0 Å². The number of carbonyl (C=O) groups is 1. The third-order valence-corrected chi connectivity index (χ3v) is 3.68. The van der Waals surface area contributed by atoms with Crippen LogP contribution in [0.15, 0.2) is 36.7 Å². The molecule has 0 atom stereocenters. The van der Waals surface area contributed by atoms with Crippen molar-refractivity contribution in [2.24, 2.45) is 7.05 Å². The minimum absolute atomic E-state index is 0.472. The number of hydrogen-bond acceptors (Lipinski definition) is 3. The van der Waals surface area contributed by atoms with E-state index in [-0.39, 0.29) is 0 Å². The fraction of sp³-hybridized carbons (Fsp3) is 0.0625. The van der Waals surface area contributed by atoms with Crippen molar-refractivity contribution in [3.8, 4) is 17.3 Å². The molecule has 0 fully saturated rings. The second-order valence-corrected chi connectivity index (χ2v) is 5.12. The molecule has 0 aliphatic carbocycles. The van der Waals surface area contributed by atoms with Crippen LogP contribution in [0.5, 0.6) is 0 Å². The third-order valence-electron chi connectivity index (χ3n) is 3.44. The Morgan fingerprint density at radius 3 is 2.86 bits per heavy atom. The topological polar surface area (TPSA) is 58.7 Å². The predicted molar refractivity (Wildman–Crippen MR) is 81.3 cm³/mol. The molecule has 0 bridgehead atoms. The quantitative estimate of drug-likeness (QED) is 0.679. The molecule has 5 heteroatoms. The van der Waals surface area contributed by atoms with Gasteiger partial charge in [0.25, 0.3) is 0 Å². The molecule has 0 saturated carbocycles. The van der Waals surface area contributed by atoms with Gasteiger partial charge in [-0.05, 0) is 24.3 Å². The Hall–Kier alpha value is -2.64. The van der Waals surface area contributed by atoms with E-state index in [2.05, 4.69) is 11.1 Å². The Kier molecular flexibility index (Phi) is 3.20. The van der Waals surface area contributed by atoms with E-state index in [4.69, 9.17) is 11.6 Å². The summed E-state index contributed by atoms with van der Waals surface area (Å²) in [6, 6.07) is 9.36. The first-order valence-electron chi connectivity index (χ1n) is 6.24. The molecule has 3 aromatic rings. The van der Waals surface area contributed by atoms with Gasteiger partial charge >= 0.3 is 0 Å². The molecular weight excluding hydrogens is 286 g/mol. The van der Waals surface area contributed by atoms with Gasteiger partial charge in [0.15, 0.2) is 6.29 Å². The molecule has 0 saturated heterocycles. The average Bonchev–Trinajstić information content (AvgIpc) is 2.79. The van der Waals surface area contributed by atoms with E-state index in [1.54, 1.807) is 18.3 Å².